The highest BCUT2D eigenvalue weighted by Gasteiger charge is 2.28. The Labute approximate surface area is 184 Å². The predicted octanol–water partition coefficient (Wildman–Crippen LogP) is 4.01. The first-order valence-electron chi connectivity index (χ1n) is 10.9. The van der Waals surface area contributed by atoms with Gasteiger partial charge < -0.3 is 19.7 Å². The molecule has 1 N–H and O–H groups in total. The van der Waals surface area contributed by atoms with E-state index < -0.39 is 6.10 Å². The van der Waals surface area contributed by atoms with E-state index in [-0.39, 0.29) is 17.9 Å². The normalized spacial score (nSPS) is 15.5. The highest BCUT2D eigenvalue weighted by molar-refractivity contribution is 5.97. The lowest BCUT2D eigenvalue weighted by atomic mass is 10.0. The maximum absolute atomic E-state index is 12.8. The van der Waals surface area contributed by atoms with Crippen LogP contribution >= 0.6 is 0 Å². The van der Waals surface area contributed by atoms with E-state index in [2.05, 4.69) is 19.2 Å². The smallest absolute Gasteiger partial charge is 0.263 e. The summed E-state index contributed by atoms with van der Waals surface area (Å²) in [5.41, 5.74) is 1.76. The summed E-state index contributed by atoms with van der Waals surface area (Å²) in [4.78, 5) is 27.2. The Morgan fingerprint density at radius 2 is 1.65 bits per heavy atom. The molecule has 3 rings (SSSR count). The van der Waals surface area contributed by atoms with E-state index in [1.807, 2.05) is 41.3 Å². The van der Waals surface area contributed by atoms with E-state index >= 15 is 0 Å². The summed E-state index contributed by atoms with van der Waals surface area (Å²) in [5, 5.41) is 3.06. The number of methoxy groups -OCH3 is 1. The van der Waals surface area contributed by atoms with Gasteiger partial charge in [0.1, 0.15) is 11.5 Å². The molecule has 0 bridgehead atoms. The second-order valence-electron chi connectivity index (χ2n) is 8.26. The van der Waals surface area contributed by atoms with E-state index in [4.69, 9.17) is 9.47 Å². The summed E-state index contributed by atoms with van der Waals surface area (Å²) in [6.45, 7) is 7.26. The fraction of sp³-hybridized carbons (Fsp3) is 0.440. The number of piperidine rings is 1. The number of carbonyl (C=O) groups is 2. The minimum atomic E-state index is -0.551. The van der Waals surface area contributed by atoms with Crippen molar-refractivity contribution in [3.63, 3.8) is 0 Å². The van der Waals surface area contributed by atoms with E-state index in [0.29, 0.717) is 48.9 Å². The fourth-order valence-corrected chi connectivity index (χ4v) is 3.78. The summed E-state index contributed by atoms with van der Waals surface area (Å²) in [5.74, 6) is 1.54. The van der Waals surface area contributed by atoms with Crippen LogP contribution in [-0.4, -0.2) is 49.1 Å². The van der Waals surface area contributed by atoms with Crippen LogP contribution in [0.25, 0.3) is 0 Å². The molecule has 0 saturated carbocycles. The Balaban J connectivity index is 1.49. The van der Waals surface area contributed by atoms with Crippen LogP contribution in [0.1, 0.15) is 55.5 Å². The van der Waals surface area contributed by atoms with Gasteiger partial charge >= 0.3 is 0 Å². The van der Waals surface area contributed by atoms with Gasteiger partial charge in [0.15, 0.2) is 6.10 Å². The molecule has 1 atom stereocenters. The Bertz CT molecular complexity index is 887. The van der Waals surface area contributed by atoms with Gasteiger partial charge in [0.05, 0.1) is 12.7 Å². The molecule has 2 aromatic carbocycles. The molecule has 0 aromatic heterocycles. The molecule has 2 amide bonds. The van der Waals surface area contributed by atoms with Crippen molar-refractivity contribution >= 4 is 11.8 Å². The Hall–Kier alpha value is -3.02. The third-order valence-corrected chi connectivity index (χ3v) is 5.70. The third kappa shape index (κ3) is 5.78. The van der Waals surface area contributed by atoms with Crippen molar-refractivity contribution in [2.45, 2.75) is 51.7 Å². The SMILES string of the molecule is COc1ccccc1C(=O)NC1CCN(C(=O)C(C)Oc2ccc(C(C)C)cc2)CC1. The number of likely N-dealkylation sites (tertiary alicyclic amines) is 1. The first kappa shape index (κ1) is 22.7. The zero-order chi connectivity index (χ0) is 22.4. The van der Waals surface area contributed by atoms with Crippen LogP contribution in [0, 0.1) is 0 Å². The first-order valence-corrected chi connectivity index (χ1v) is 10.9. The molecule has 0 radical (unpaired) electrons. The molecule has 0 spiro atoms. The summed E-state index contributed by atoms with van der Waals surface area (Å²) in [6.07, 6.45) is 0.870. The molecule has 6 heteroatoms. The number of carbonyl (C=O) groups excluding carboxylic acids is 2. The second kappa shape index (κ2) is 10.3. The molecule has 1 aliphatic rings. The zero-order valence-electron chi connectivity index (χ0n) is 18.8. The molecular weight excluding hydrogens is 392 g/mol. The molecule has 2 aromatic rings. The number of hydrogen-bond donors (Lipinski definition) is 1. The van der Waals surface area contributed by atoms with Crippen LogP contribution in [0.2, 0.25) is 0 Å². The topological polar surface area (TPSA) is 67.9 Å². The number of nitrogens with zero attached hydrogens (tertiary/aromatic N) is 1. The number of hydrogen-bond acceptors (Lipinski definition) is 4. The van der Waals surface area contributed by atoms with Gasteiger partial charge in [-0.05, 0) is 55.5 Å². The van der Waals surface area contributed by atoms with Gasteiger partial charge in [-0.1, -0.05) is 38.1 Å². The summed E-state index contributed by atoms with van der Waals surface area (Å²) in [7, 11) is 1.55. The number of amides is 2. The van der Waals surface area contributed by atoms with Crippen LogP contribution in [0.5, 0.6) is 11.5 Å². The van der Waals surface area contributed by atoms with Gasteiger partial charge in [-0.25, -0.2) is 0 Å². The van der Waals surface area contributed by atoms with Gasteiger partial charge in [0, 0.05) is 19.1 Å². The molecular formula is C25H32N2O4. The molecule has 1 fully saturated rings. The van der Waals surface area contributed by atoms with Crippen molar-refractivity contribution in [2.75, 3.05) is 20.2 Å². The van der Waals surface area contributed by atoms with E-state index in [0.717, 1.165) is 0 Å². The maximum atomic E-state index is 12.8. The minimum Gasteiger partial charge on any atom is -0.496 e. The van der Waals surface area contributed by atoms with Crippen molar-refractivity contribution in [3.8, 4) is 11.5 Å². The average Bonchev–Trinajstić information content (AvgIpc) is 2.79. The summed E-state index contributed by atoms with van der Waals surface area (Å²) >= 11 is 0. The number of para-hydroxylation sites is 1. The molecule has 1 heterocycles. The Morgan fingerprint density at radius 3 is 2.26 bits per heavy atom. The van der Waals surface area contributed by atoms with Crippen LogP contribution in [0.15, 0.2) is 48.5 Å². The van der Waals surface area contributed by atoms with Gasteiger partial charge in [0.25, 0.3) is 11.8 Å². The molecule has 0 aliphatic carbocycles. The number of benzene rings is 2. The average molecular weight is 425 g/mol. The van der Waals surface area contributed by atoms with Crippen molar-refractivity contribution in [1.29, 1.82) is 0 Å². The summed E-state index contributed by atoms with van der Waals surface area (Å²) < 4.78 is 11.1. The minimum absolute atomic E-state index is 0.0255. The molecule has 1 aliphatic heterocycles. The quantitative estimate of drug-likeness (QED) is 0.729. The van der Waals surface area contributed by atoms with Crippen molar-refractivity contribution < 1.29 is 19.1 Å². The van der Waals surface area contributed by atoms with Gasteiger partial charge in [0.2, 0.25) is 0 Å². The fourth-order valence-electron chi connectivity index (χ4n) is 3.78. The van der Waals surface area contributed by atoms with Crippen molar-refractivity contribution in [2.24, 2.45) is 0 Å². The van der Waals surface area contributed by atoms with Crippen LogP contribution in [0.3, 0.4) is 0 Å². The largest absolute Gasteiger partial charge is 0.496 e. The highest BCUT2D eigenvalue weighted by Crippen LogP contribution is 2.21. The predicted molar refractivity (Wildman–Crippen MR) is 121 cm³/mol. The second-order valence-corrected chi connectivity index (χ2v) is 8.26. The lowest BCUT2D eigenvalue weighted by Gasteiger charge is -2.34. The molecule has 1 unspecified atom stereocenters. The number of ether oxygens (including phenoxy) is 2. The lowest BCUT2D eigenvalue weighted by Crippen LogP contribution is -2.49. The van der Waals surface area contributed by atoms with Crippen LogP contribution in [-0.2, 0) is 4.79 Å². The Morgan fingerprint density at radius 1 is 1.00 bits per heavy atom. The van der Waals surface area contributed by atoms with Gasteiger partial charge in [-0.3, -0.25) is 9.59 Å². The lowest BCUT2D eigenvalue weighted by molar-refractivity contribution is -0.139. The van der Waals surface area contributed by atoms with Crippen LogP contribution in [0.4, 0.5) is 0 Å². The van der Waals surface area contributed by atoms with E-state index in [1.54, 1.807) is 26.2 Å². The Kier molecular flexibility index (Phi) is 7.55. The third-order valence-electron chi connectivity index (χ3n) is 5.70. The summed E-state index contributed by atoms with van der Waals surface area (Å²) in [6, 6.07) is 15.1. The first-order chi connectivity index (χ1) is 14.9. The molecule has 6 nitrogen and oxygen atoms in total. The van der Waals surface area contributed by atoms with E-state index in [9.17, 15) is 9.59 Å². The van der Waals surface area contributed by atoms with Gasteiger partial charge in [-0.15, -0.1) is 0 Å². The molecule has 1 saturated heterocycles. The zero-order valence-corrected chi connectivity index (χ0v) is 18.8. The molecule has 31 heavy (non-hydrogen) atoms. The highest BCUT2D eigenvalue weighted by atomic mass is 16.5. The van der Waals surface area contributed by atoms with Crippen molar-refractivity contribution in [3.05, 3.63) is 59.7 Å². The monoisotopic (exact) mass is 424 g/mol. The number of rotatable bonds is 7. The maximum Gasteiger partial charge on any atom is 0.263 e. The molecule has 166 valence electrons. The van der Waals surface area contributed by atoms with E-state index in [1.165, 1.54) is 5.56 Å². The number of nitrogens with one attached hydrogen (secondary N) is 1. The van der Waals surface area contributed by atoms with Crippen LogP contribution < -0.4 is 14.8 Å². The van der Waals surface area contributed by atoms with Gasteiger partial charge in [-0.2, -0.15) is 0 Å². The standard InChI is InChI=1S/C25H32N2O4/c1-17(2)19-9-11-21(12-10-19)31-18(3)25(29)27-15-13-20(14-16-27)26-24(28)22-7-5-6-8-23(22)30-4/h5-12,17-18,20H,13-16H2,1-4H3,(H,26,28). The van der Waals surface area contributed by atoms with Crippen molar-refractivity contribution in [1.82, 2.24) is 10.2 Å².